The van der Waals surface area contributed by atoms with Crippen LogP contribution in [0.5, 0.6) is 0 Å². The Labute approximate surface area is 60.7 Å². The number of rotatable bonds is 1. The van der Waals surface area contributed by atoms with Gasteiger partial charge in [-0.2, -0.15) is 0 Å². The first-order valence-corrected chi connectivity index (χ1v) is 3.36. The average Bonchev–Trinajstić information content (AvgIpc) is 1.94. The van der Waals surface area contributed by atoms with Gasteiger partial charge in [-0.15, -0.1) is 0 Å². The second kappa shape index (κ2) is 2.65. The fraction of sp³-hybridized carbons (Fsp3) is 0.222. The maximum Gasteiger partial charge on any atom is 0.181 e. The van der Waals surface area contributed by atoms with E-state index in [-0.39, 0.29) is 5.78 Å². The van der Waals surface area contributed by atoms with Crippen LogP contribution in [0, 0.1) is 0 Å². The van der Waals surface area contributed by atoms with E-state index >= 15 is 0 Å². The van der Waals surface area contributed by atoms with Crippen molar-refractivity contribution < 1.29 is 4.79 Å². The summed E-state index contributed by atoms with van der Waals surface area (Å²) in [6.07, 6.45) is 5.94. The molecule has 1 heteroatoms. The number of carbonyl (C=O) groups is 1. The highest BCUT2D eigenvalue weighted by Gasteiger charge is 2.06. The summed E-state index contributed by atoms with van der Waals surface area (Å²) in [5, 5.41) is 0. The highest BCUT2D eigenvalue weighted by atomic mass is 16.1. The van der Waals surface area contributed by atoms with E-state index in [1.807, 2.05) is 13.0 Å². The molecule has 0 aromatic rings. The van der Waals surface area contributed by atoms with E-state index in [1.54, 1.807) is 12.2 Å². The normalized spacial score (nSPS) is 17.5. The van der Waals surface area contributed by atoms with Crippen molar-refractivity contribution >= 4 is 5.78 Å². The molecule has 0 N–H and O–H groups in total. The van der Waals surface area contributed by atoms with Crippen LogP contribution in [0.15, 0.2) is 36.0 Å². The minimum atomic E-state index is 0.120. The van der Waals surface area contributed by atoms with Crippen molar-refractivity contribution in [3.63, 3.8) is 0 Å². The lowest BCUT2D eigenvalue weighted by Crippen LogP contribution is -2.01. The molecule has 0 aromatic heterocycles. The van der Waals surface area contributed by atoms with E-state index in [9.17, 15) is 4.79 Å². The summed E-state index contributed by atoms with van der Waals surface area (Å²) in [6, 6.07) is 0. The lowest BCUT2D eigenvalue weighted by atomic mass is 10.0. The highest BCUT2D eigenvalue weighted by molar-refractivity contribution is 6.05. The monoisotopic (exact) mass is 134 g/mol. The molecule has 0 bridgehead atoms. The Balaban J connectivity index is 2.89. The van der Waals surface area contributed by atoms with Crippen LogP contribution in [0.25, 0.3) is 0 Å². The smallest absolute Gasteiger partial charge is 0.181 e. The highest BCUT2D eigenvalue weighted by Crippen LogP contribution is 2.13. The largest absolute Gasteiger partial charge is 0.290 e. The van der Waals surface area contributed by atoms with Gasteiger partial charge in [0, 0.05) is 0 Å². The van der Waals surface area contributed by atoms with Crippen LogP contribution < -0.4 is 0 Å². The molecule has 52 valence electrons. The molecule has 10 heavy (non-hydrogen) atoms. The van der Waals surface area contributed by atoms with Gasteiger partial charge in [0.1, 0.15) is 0 Å². The van der Waals surface area contributed by atoms with Crippen molar-refractivity contribution in [2.24, 2.45) is 0 Å². The summed E-state index contributed by atoms with van der Waals surface area (Å²) >= 11 is 0. The first-order chi connectivity index (χ1) is 4.74. The molecule has 0 aliphatic heterocycles. The Bertz CT molecular complexity index is 231. The standard InChI is InChI=1S/C9H10O/c1-3-8-6-7(2)4-5-9(8)10/h4-6H,2-3H2,1H3. The zero-order valence-corrected chi connectivity index (χ0v) is 6.05. The molecule has 0 fully saturated rings. The van der Waals surface area contributed by atoms with Crippen LogP contribution in [0.2, 0.25) is 0 Å². The molecule has 0 radical (unpaired) electrons. The Morgan fingerprint density at radius 1 is 1.50 bits per heavy atom. The molecule has 1 rings (SSSR count). The van der Waals surface area contributed by atoms with Crippen LogP contribution in [0.3, 0.4) is 0 Å². The Hall–Kier alpha value is -1.11. The third-order valence-corrected chi connectivity index (χ3v) is 1.51. The van der Waals surface area contributed by atoms with Gasteiger partial charge < -0.3 is 0 Å². The van der Waals surface area contributed by atoms with Gasteiger partial charge in [-0.05, 0) is 29.7 Å². The minimum absolute atomic E-state index is 0.120. The van der Waals surface area contributed by atoms with Crippen molar-refractivity contribution in [1.82, 2.24) is 0 Å². The molecule has 1 nitrogen and oxygen atoms in total. The van der Waals surface area contributed by atoms with Gasteiger partial charge in [-0.1, -0.05) is 19.6 Å². The first-order valence-electron chi connectivity index (χ1n) is 3.36. The van der Waals surface area contributed by atoms with Gasteiger partial charge in [0.25, 0.3) is 0 Å². The topological polar surface area (TPSA) is 17.1 Å². The summed E-state index contributed by atoms with van der Waals surface area (Å²) in [5.74, 6) is 0.120. The molecule has 0 saturated heterocycles. The van der Waals surface area contributed by atoms with Crippen LogP contribution in [0.4, 0.5) is 0 Å². The first kappa shape index (κ1) is 7.00. The zero-order valence-electron chi connectivity index (χ0n) is 6.05. The van der Waals surface area contributed by atoms with Gasteiger partial charge in [0.15, 0.2) is 5.78 Å². The van der Waals surface area contributed by atoms with E-state index in [0.717, 1.165) is 17.6 Å². The van der Waals surface area contributed by atoms with Gasteiger partial charge >= 0.3 is 0 Å². The summed E-state index contributed by atoms with van der Waals surface area (Å²) in [4.78, 5) is 11.0. The number of allylic oxidation sites excluding steroid dienone is 5. The van der Waals surface area contributed by atoms with Crippen LogP contribution in [0.1, 0.15) is 13.3 Å². The second-order valence-electron chi connectivity index (χ2n) is 2.30. The molecule has 0 aromatic carbocycles. The van der Waals surface area contributed by atoms with Crippen molar-refractivity contribution in [2.45, 2.75) is 13.3 Å². The molecule has 0 amide bonds. The lowest BCUT2D eigenvalue weighted by molar-refractivity contribution is -0.111. The lowest BCUT2D eigenvalue weighted by Gasteiger charge is -2.04. The maximum absolute atomic E-state index is 11.0. The fourth-order valence-electron chi connectivity index (χ4n) is 0.909. The van der Waals surface area contributed by atoms with E-state index in [2.05, 4.69) is 6.58 Å². The number of hydrogen-bond donors (Lipinski definition) is 0. The van der Waals surface area contributed by atoms with E-state index in [1.165, 1.54) is 0 Å². The van der Waals surface area contributed by atoms with E-state index in [4.69, 9.17) is 0 Å². The van der Waals surface area contributed by atoms with Crippen molar-refractivity contribution in [2.75, 3.05) is 0 Å². The predicted molar refractivity (Wildman–Crippen MR) is 41.7 cm³/mol. The maximum atomic E-state index is 11.0. The summed E-state index contributed by atoms with van der Waals surface area (Å²) in [5.41, 5.74) is 1.77. The number of hydrogen-bond acceptors (Lipinski definition) is 1. The summed E-state index contributed by atoms with van der Waals surface area (Å²) < 4.78 is 0. The third kappa shape index (κ3) is 1.24. The van der Waals surface area contributed by atoms with Crippen LogP contribution >= 0.6 is 0 Å². The number of ketones is 1. The molecular weight excluding hydrogens is 124 g/mol. The van der Waals surface area contributed by atoms with Crippen LogP contribution in [-0.4, -0.2) is 5.78 Å². The zero-order chi connectivity index (χ0) is 7.56. The quantitative estimate of drug-likeness (QED) is 0.536. The summed E-state index contributed by atoms with van der Waals surface area (Å²) in [7, 11) is 0. The number of carbonyl (C=O) groups excluding carboxylic acids is 1. The molecule has 1 aliphatic rings. The molecule has 0 atom stereocenters. The fourth-order valence-corrected chi connectivity index (χ4v) is 0.909. The Morgan fingerprint density at radius 3 is 2.70 bits per heavy atom. The SMILES string of the molecule is C=C1C=CC(=O)C(CC)=C1. The van der Waals surface area contributed by atoms with E-state index in [0.29, 0.717) is 0 Å². The molecule has 0 unspecified atom stereocenters. The van der Waals surface area contributed by atoms with Crippen LogP contribution in [-0.2, 0) is 4.79 Å². The predicted octanol–water partition coefficient (Wildman–Crippen LogP) is 2.02. The van der Waals surface area contributed by atoms with Gasteiger partial charge in [0.2, 0.25) is 0 Å². The van der Waals surface area contributed by atoms with Gasteiger partial charge in [-0.3, -0.25) is 4.79 Å². The van der Waals surface area contributed by atoms with Crippen molar-refractivity contribution in [3.05, 3.63) is 36.0 Å². The summed E-state index contributed by atoms with van der Waals surface area (Å²) in [6.45, 7) is 5.70. The Morgan fingerprint density at radius 2 is 2.20 bits per heavy atom. The minimum Gasteiger partial charge on any atom is -0.290 e. The van der Waals surface area contributed by atoms with E-state index < -0.39 is 0 Å². The third-order valence-electron chi connectivity index (χ3n) is 1.51. The molecule has 0 saturated carbocycles. The van der Waals surface area contributed by atoms with Crippen molar-refractivity contribution in [1.29, 1.82) is 0 Å². The molecule has 1 aliphatic carbocycles. The molecule has 0 spiro atoms. The molecular formula is C9H10O. The van der Waals surface area contributed by atoms with Gasteiger partial charge in [-0.25, -0.2) is 0 Å². The second-order valence-corrected chi connectivity index (χ2v) is 2.30. The Kier molecular flexibility index (Phi) is 1.86. The van der Waals surface area contributed by atoms with Crippen molar-refractivity contribution in [3.8, 4) is 0 Å². The van der Waals surface area contributed by atoms with Gasteiger partial charge in [0.05, 0.1) is 0 Å². The molecule has 0 heterocycles. The average molecular weight is 134 g/mol.